The fraction of sp³-hybridized carbons (Fsp3) is 0.818. The fourth-order valence-electron chi connectivity index (χ4n) is 2.10. The number of rotatable bonds is 4. The van der Waals surface area contributed by atoms with Gasteiger partial charge in [0.1, 0.15) is 0 Å². The standard InChI is InChI=1S/C11H19N3O3/c15-10(14-7-8-2-1-5-17-8)6-9-11(16)13-4-3-12-9/h8-9,12H,1-7H2,(H,13,16)(H,14,15). The molecule has 2 heterocycles. The fourth-order valence-corrected chi connectivity index (χ4v) is 2.10. The molecule has 2 atom stereocenters. The molecule has 0 radical (unpaired) electrons. The molecule has 96 valence electrons. The molecular weight excluding hydrogens is 222 g/mol. The Kier molecular flexibility index (Phi) is 4.33. The van der Waals surface area contributed by atoms with Crippen LogP contribution < -0.4 is 16.0 Å². The number of carbonyl (C=O) groups excluding carboxylic acids is 2. The predicted octanol–water partition coefficient (Wildman–Crippen LogP) is -1.24. The van der Waals surface area contributed by atoms with Gasteiger partial charge in [-0.25, -0.2) is 0 Å². The van der Waals surface area contributed by atoms with Gasteiger partial charge in [-0.15, -0.1) is 0 Å². The highest BCUT2D eigenvalue weighted by Gasteiger charge is 2.24. The van der Waals surface area contributed by atoms with Crippen LogP contribution in [0.1, 0.15) is 19.3 Å². The van der Waals surface area contributed by atoms with E-state index in [0.29, 0.717) is 13.1 Å². The van der Waals surface area contributed by atoms with E-state index < -0.39 is 6.04 Å². The highest BCUT2D eigenvalue weighted by atomic mass is 16.5. The third kappa shape index (κ3) is 3.67. The van der Waals surface area contributed by atoms with Gasteiger partial charge in [-0.2, -0.15) is 0 Å². The molecule has 0 bridgehead atoms. The normalized spacial score (nSPS) is 28.8. The van der Waals surface area contributed by atoms with Gasteiger partial charge in [0.05, 0.1) is 18.6 Å². The van der Waals surface area contributed by atoms with Crippen LogP contribution in [0, 0.1) is 0 Å². The maximum atomic E-state index is 11.6. The molecule has 17 heavy (non-hydrogen) atoms. The summed E-state index contributed by atoms with van der Waals surface area (Å²) in [6.45, 7) is 2.68. The second-order valence-corrected chi connectivity index (χ2v) is 4.44. The number of piperazine rings is 1. The van der Waals surface area contributed by atoms with Gasteiger partial charge < -0.3 is 20.7 Å². The number of hydrogen-bond donors (Lipinski definition) is 3. The van der Waals surface area contributed by atoms with E-state index in [1.54, 1.807) is 0 Å². The van der Waals surface area contributed by atoms with Gasteiger partial charge in [-0.3, -0.25) is 9.59 Å². The van der Waals surface area contributed by atoms with Gasteiger partial charge in [-0.1, -0.05) is 0 Å². The third-order valence-electron chi connectivity index (χ3n) is 3.07. The Bertz CT molecular complexity index is 290. The van der Waals surface area contributed by atoms with Crippen molar-refractivity contribution in [1.29, 1.82) is 0 Å². The second kappa shape index (κ2) is 5.97. The highest BCUT2D eigenvalue weighted by molar-refractivity contribution is 5.88. The molecule has 0 aromatic heterocycles. The van der Waals surface area contributed by atoms with Crippen molar-refractivity contribution in [3.8, 4) is 0 Å². The minimum Gasteiger partial charge on any atom is -0.376 e. The average Bonchev–Trinajstić information content (AvgIpc) is 2.82. The second-order valence-electron chi connectivity index (χ2n) is 4.44. The van der Waals surface area contributed by atoms with Crippen molar-refractivity contribution >= 4 is 11.8 Å². The molecule has 3 N–H and O–H groups in total. The van der Waals surface area contributed by atoms with Gasteiger partial charge in [-0.05, 0) is 12.8 Å². The summed E-state index contributed by atoms with van der Waals surface area (Å²) in [6.07, 6.45) is 2.40. The monoisotopic (exact) mass is 241 g/mol. The van der Waals surface area contributed by atoms with E-state index >= 15 is 0 Å². The van der Waals surface area contributed by atoms with E-state index in [1.807, 2.05) is 0 Å². The minimum atomic E-state index is -0.395. The van der Waals surface area contributed by atoms with Crippen molar-refractivity contribution in [1.82, 2.24) is 16.0 Å². The summed E-state index contributed by atoms with van der Waals surface area (Å²) < 4.78 is 5.40. The van der Waals surface area contributed by atoms with Crippen LogP contribution in [0.5, 0.6) is 0 Å². The summed E-state index contributed by atoms with van der Waals surface area (Å²) in [5.41, 5.74) is 0. The summed E-state index contributed by atoms with van der Waals surface area (Å²) in [5.74, 6) is -0.196. The Morgan fingerprint density at radius 3 is 3.06 bits per heavy atom. The van der Waals surface area contributed by atoms with Crippen molar-refractivity contribution in [2.45, 2.75) is 31.4 Å². The van der Waals surface area contributed by atoms with Gasteiger partial charge in [0, 0.05) is 26.2 Å². The lowest BCUT2D eigenvalue weighted by Gasteiger charge is -2.23. The zero-order chi connectivity index (χ0) is 12.1. The molecule has 2 aliphatic heterocycles. The molecule has 2 fully saturated rings. The Morgan fingerprint density at radius 2 is 2.35 bits per heavy atom. The summed E-state index contributed by atoms with van der Waals surface area (Å²) in [4.78, 5) is 23.0. The van der Waals surface area contributed by atoms with Gasteiger partial charge in [0.15, 0.2) is 0 Å². The first-order chi connectivity index (χ1) is 8.25. The smallest absolute Gasteiger partial charge is 0.237 e. The van der Waals surface area contributed by atoms with Crippen LogP contribution in [0.2, 0.25) is 0 Å². The summed E-state index contributed by atoms with van der Waals surface area (Å²) in [6, 6.07) is -0.395. The van der Waals surface area contributed by atoms with Gasteiger partial charge in [0.2, 0.25) is 11.8 Å². The van der Waals surface area contributed by atoms with E-state index in [-0.39, 0.29) is 24.3 Å². The molecule has 0 aromatic rings. The van der Waals surface area contributed by atoms with E-state index in [4.69, 9.17) is 4.74 Å². The summed E-state index contributed by atoms with van der Waals surface area (Å²) in [7, 11) is 0. The van der Waals surface area contributed by atoms with Crippen LogP contribution in [-0.2, 0) is 14.3 Å². The molecule has 2 amide bonds. The van der Waals surface area contributed by atoms with Crippen molar-refractivity contribution in [2.24, 2.45) is 0 Å². The Hall–Kier alpha value is -1.14. The van der Waals surface area contributed by atoms with Crippen LogP contribution in [0.4, 0.5) is 0 Å². The number of hydrogen-bond acceptors (Lipinski definition) is 4. The first kappa shape index (κ1) is 12.3. The number of nitrogens with one attached hydrogen (secondary N) is 3. The molecule has 0 spiro atoms. The maximum Gasteiger partial charge on any atom is 0.237 e. The Balaban J connectivity index is 1.67. The molecule has 2 saturated heterocycles. The quantitative estimate of drug-likeness (QED) is 0.575. The average molecular weight is 241 g/mol. The zero-order valence-electron chi connectivity index (χ0n) is 9.83. The van der Waals surface area contributed by atoms with Crippen LogP contribution in [0.3, 0.4) is 0 Å². The van der Waals surface area contributed by atoms with Crippen LogP contribution in [-0.4, -0.2) is 50.2 Å². The van der Waals surface area contributed by atoms with Crippen LogP contribution in [0.15, 0.2) is 0 Å². The largest absolute Gasteiger partial charge is 0.376 e. The van der Waals surface area contributed by atoms with Crippen molar-refractivity contribution in [3.63, 3.8) is 0 Å². The predicted molar refractivity (Wildman–Crippen MR) is 61.4 cm³/mol. The lowest BCUT2D eigenvalue weighted by Crippen LogP contribution is -2.54. The molecule has 6 nitrogen and oxygen atoms in total. The van der Waals surface area contributed by atoms with Crippen LogP contribution in [0.25, 0.3) is 0 Å². The minimum absolute atomic E-state index is 0.0940. The summed E-state index contributed by atoms with van der Waals surface area (Å²) >= 11 is 0. The van der Waals surface area contributed by atoms with E-state index in [2.05, 4.69) is 16.0 Å². The topological polar surface area (TPSA) is 79.5 Å². The molecule has 0 aromatic carbocycles. The van der Waals surface area contributed by atoms with Gasteiger partial charge in [0.25, 0.3) is 0 Å². The maximum absolute atomic E-state index is 11.6. The Labute approximate surface area is 100 Å². The van der Waals surface area contributed by atoms with E-state index in [0.717, 1.165) is 26.0 Å². The zero-order valence-corrected chi connectivity index (χ0v) is 9.83. The molecule has 0 saturated carbocycles. The molecule has 6 heteroatoms. The van der Waals surface area contributed by atoms with Crippen molar-refractivity contribution in [3.05, 3.63) is 0 Å². The number of carbonyl (C=O) groups is 2. The lowest BCUT2D eigenvalue weighted by atomic mass is 10.1. The van der Waals surface area contributed by atoms with Crippen LogP contribution >= 0.6 is 0 Å². The van der Waals surface area contributed by atoms with E-state index in [9.17, 15) is 9.59 Å². The molecule has 2 unspecified atom stereocenters. The summed E-state index contributed by atoms with van der Waals surface area (Å²) in [5, 5.41) is 8.56. The third-order valence-corrected chi connectivity index (χ3v) is 3.07. The first-order valence-electron chi connectivity index (χ1n) is 6.15. The molecule has 2 rings (SSSR count). The molecule has 0 aliphatic carbocycles. The first-order valence-corrected chi connectivity index (χ1v) is 6.15. The van der Waals surface area contributed by atoms with Crippen molar-refractivity contribution < 1.29 is 14.3 Å². The van der Waals surface area contributed by atoms with Crippen molar-refractivity contribution in [2.75, 3.05) is 26.2 Å². The molecular formula is C11H19N3O3. The van der Waals surface area contributed by atoms with Gasteiger partial charge >= 0.3 is 0 Å². The lowest BCUT2D eigenvalue weighted by molar-refractivity contribution is -0.129. The number of ether oxygens (including phenoxy) is 1. The Morgan fingerprint density at radius 1 is 1.47 bits per heavy atom. The SMILES string of the molecule is O=C(CC1NCCNC1=O)NCC1CCCO1. The highest BCUT2D eigenvalue weighted by Crippen LogP contribution is 2.10. The van der Waals surface area contributed by atoms with E-state index in [1.165, 1.54) is 0 Å². The molecule has 2 aliphatic rings. The number of amides is 2.